The highest BCUT2D eigenvalue weighted by atomic mass is 32.1. The Hall–Kier alpha value is -1.63. The van der Waals surface area contributed by atoms with Gasteiger partial charge in [0.05, 0.1) is 0 Å². The molecule has 2 fully saturated rings. The summed E-state index contributed by atoms with van der Waals surface area (Å²) in [7, 11) is 0. The van der Waals surface area contributed by atoms with Gasteiger partial charge in [0.1, 0.15) is 11.6 Å². The van der Waals surface area contributed by atoms with Gasteiger partial charge in [-0.15, -0.1) is 0 Å². The molecule has 0 bridgehead atoms. The summed E-state index contributed by atoms with van der Waals surface area (Å²) in [5.74, 6) is 4.77. The first kappa shape index (κ1) is 21.1. The smallest absolute Gasteiger partial charge is 0.232 e. The molecule has 3 rings (SSSR count). The molecule has 2 aliphatic rings. The molecule has 2 aliphatic heterocycles. The third-order valence-electron chi connectivity index (χ3n) is 5.81. The van der Waals surface area contributed by atoms with E-state index in [1.807, 2.05) is 0 Å². The SMILES string of the molecule is CC(C)CNC(=S)Nc1nc(N2CCC(C)CC2)cc(N2CCC(C)CC2)n1. The zero-order chi connectivity index (χ0) is 20.1. The quantitative estimate of drug-likeness (QED) is 0.722. The zero-order valence-electron chi connectivity index (χ0n) is 17.9. The summed E-state index contributed by atoms with van der Waals surface area (Å²) in [6, 6.07) is 2.17. The fourth-order valence-electron chi connectivity index (χ4n) is 3.72. The van der Waals surface area contributed by atoms with E-state index in [4.69, 9.17) is 22.2 Å². The average Bonchev–Trinajstić information content (AvgIpc) is 2.67. The first-order chi connectivity index (χ1) is 13.4. The van der Waals surface area contributed by atoms with E-state index in [2.05, 4.69) is 54.2 Å². The van der Waals surface area contributed by atoms with Crippen molar-refractivity contribution >= 4 is 34.9 Å². The minimum absolute atomic E-state index is 0.535. The third kappa shape index (κ3) is 5.93. The minimum atomic E-state index is 0.535. The molecule has 3 heterocycles. The second kappa shape index (κ2) is 9.72. The summed E-state index contributed by atoms with van der Waals surface area (Å²) in [5, 5.41) is 7.07. The second-order valence-electron chi connectivity index (χ2n) is 8.98. The van der Waals surface area contributed by atoms with E-state index in [0.717, 1.165) is 56.2 Å². The van der Waals surface area contributed by atoms with Gasteiger partial charge in [-0.3, -0.25) is 0 Å². The number of nitrogens with one attached hydrogen (secondary N) is 2. The Balaban J connectivity index is 1.78. The Morgan fingerprint density at radius 1 is 1.00 bits per heavy atom. The molecule has 1 aromatic rings. The van der Waals surface area contributed by atoms with Crippen molar-refractivity contribution in [3.63, 3.8) is 0 Å². The fourth-order valence-corrected chi connectivity index (χ4v) is 3.89. The molecule has 0 aliphatic carbocycles. The lowest BCUT2D eigenvalue weighted by Crippen LogP contribution is -2.36. The van der Waals surface area contributed by atoms with Gasteiger partial charge in [0.25, 0.3) is 0 Å². The molecule has 0 saturated carbocycles. The lowest BCUT2D eigenvalue weighted by atomic mass is 9.99. The number of rotatable bonds is 5. The molecule has 28 heavy (non-hydrogen) atoms. The van der Waals surface area contributed by atoms with E-state index in [1.54, 1.807) is 0 Å². The van der Waals surface area contributed by atoms with Gasteiger partial charge in [0.2, 0.25) is 5.95 Å². The molecule has 0 spiro atoms. The fraction of sp³-hybridized carbons (Fsp3) is 0.762. The first-order valence-corrected chi connectivity index (χ1v) is 11.3. The maximum atomic E-state index is 5.46. The molecule has 0 aromatic carbocycles. The van der Waals surface area contributed by atoms with E-state index < -0.39 is 0 Å². The molecule has 7 heteroatoms. The Labute approximate surface area is 175 Å². The van der Waals surface area contributed by atoms with Crippen molar-refractivity contribution < 1.29 is 0 Å². The number of aromatic nitrogens is 2. The van der Waals surface area contributed by atoms with Crippen molar-refractivity contribution in [1.29, 1.82) is 0 Å². The van der Waals surface area contributed by atoms with Crippen LogP contribution in [0.3, 0.4) is 0 Å². The number of hydrogen-bond donors (Lipinski definition) is 2. The summed E-state index contributed by atoms with van der Waals surface area (Å²) in [6.45, 7) is 14.1. The molecule has 0 atom stereocenters. The highest BCUT2D eigenvalue weighted by molar-refractivity contribution is 7.80. The number of nitrogens with zero attached hydrogens (tertiary/aromatic N) is 4. The largest absolute Gasteiger partial charge is 0.362 e. The van der Waals surface area contributed by atoms with E-state index in [1.165, 1.54) is 25.7 Å². The van der Waals surface area contributed by atoms with Crippen LogP contribution in [0, 0.1) is 17.8 Å². The normalized spacial score (nSPS) is 19.2. The van der Waals surface area contributed by atoms with Gasteiger partial charge in [-0.1, -0.05) is 27.7 Å². The van der Waals surface area contributed by atoms with Gasteiger partial charge in [0, 0.05) is 38.8 Å². The van der Waals surface area contributed by atoms with E-state index in [0.29, 0.717) is 17.0 Å². The van der Waals surface area contributed by atoms with Crippen molar-refractivity contribution in [3.8, 4) is 0 Å². The maximum absolute atomic E-state index is 5.46. The highest BCUT2D eigenvalue weighted by Gasteiger charge is 2.22. The van der Waals surface area contributed by atoms with Crippen LogP contribution < -0.4 is 20.4 Å². The Morgan fingerprint density at radius 3 is 1.89 bits per heavy atom. The number of anilines is 3. The van der Waals surface area contributed by atoms with Crippen molar-refractivity contribution in [3.05, 3.63) is 6.07 Å². The predicted octanol–water partition coefficient (Wildman–Crippen LogP) is 3.89. The standard InChI is InChI=1S/C21H36N6S/c1-15(2)14-22-21(28)25-20-23-18(26-9-5-16(3)6-10-26)13-19(24-20)27-11-7-17(4)8-12-27/h13,15-17H,5-12,14H2,1-4H3,(H2,22,23,24,25,28). The highest BCUT2D eigenvalue weighted by Crippen LogP contribution is 2.28. The van der Waals surface area contributed by atoms with Crippen LogP contribution in [0.5, 0.6) is 0 Å². The van der Waals surface area contributed by atoms with Crippen LogP contribution in [0.1, 0.15) is 53.4 Å². The van der Waals surface area contributed by atoms with Crippen molar-refractivity contribution in [2.75, 3.05) is 47.8 Å². The molecule has 1 aromatic heterocycles. The molecule has 2 saturated heterocycles. The minimum Gasteiger partial charge on any atom is -0.362 e. The molecule has 0 amide bonds. The lowest BCUT2D eigenvalue weighted by Gasteiger charge is -2.34. The van der Waals surface area contributed by atoms with Crippen LogP contribution in [0.4, 0.5) is 17.6 Å². The Kier molecular flexibility index (Phi) is 7.32. The van der Waals surface area contributed by atoms with Gasteiger partial charge in [0.15, 0.2) is 5.11 Å². The van der Waals surface area contributed by atoms with Gasteiger partial charge < -0.3 is 20.4 Å². The first-order valence-electron chi connectivity index (χ1n) is 10.8. The van der Waals surface area contributed by atoms with Gasteiger partial charge in [-0.2, -0.15) is 9.97 Å². The van der Waals surface area contributed by atoms with Gasteiger partial charge >= 0.3 is 0 Å². The lowest BCUT2D eigenvalue weighted by molar-refractivity contribution is 0.433. The van der Waals surface area contributed by atoms with E-state index in [9.17, 15) is 0 Å². The molecule has 6 nitrogen and oxygen atoms in total. The third-order valence-corrected chi connectivity index (χ3v) is 6.06. The Bertz CT molecular complexity index is 608. The summed E-state index contributed by atoms with van der Waals surface area (Å²) in [4.78, 5) is 14.4. The summed E-state index contributed by atoms with van der Waals surface area (Å²) in [6.07, 6.45) is 4.88. The topological polar surface area (TPSA) is 56.3 Å². The molecular weight excluding hydrogens is 368 g/mol. The second-order valence-corrected chi connectivity index (χ2v) is 9.38. The van der Waals surface area contributed by atoms with Crippen LogP contribution in [-0.4, -0.2) is 47.8 Å². The van der Waals surface area contributed by atoms with Crippen LogP contribution in [-0.2, 0) is 0 Å². The van der Waals surface area contributed by atoms with E-state index in [-0.39, 0.29) is 0 Å². The maximum Gasteiger partial charge on any atom is 0.232 e. The molecule has 156 valence electrons. The average molecular weight is 405 g/mol. The molecule has 0 radical (unpaired) electrons. The van der Waals surface area contributed by atoms with Crippen LogP contribution >= 0.6 is 12.2 Å². The van der Waals surface area contributed by atoms with Crippen LogP contribution in [0.2, 0.25) is 0 Å². The molecular formula is C21H36N6S. The monoisotopic (exact) mass is 404 g/mol. The van der Waals surface area contributed by atoms with Crippen molar-refractivity contribution in [2.45, 2.75) is 53.4 Å². The van der Waals surface area contributed by atoms with Gasteiger partial charge in [-0.05, 0) is 55.7 Å². The Morgan fingerprint density at radius 2 is 1.46 bits per heavy atom. The number of hydrogen-bond acceptors (Lipinski definition) is 5. The summed E-state index contributed by atoms with van der Waals surface area (Å²) in [5.41, 5.74) is 0. The molecule has 2 N–H and O–H groups in total. The summed E-state index contributed by atoms with van der Waals surface area (Å²) >= 11 is 5.46. The summed E-state index contributed by atoms with van der Waals surface area (Å²) < 4.78 is 0. The van der Waals surface area contributed by atoms with Crippen LogP contribution in [0.25, 0.3) is 0 Å². The van der Waals surface area contributed by atoms with Crippen LogP contribution in [0.15, 0.2) is 6.07 Å². The van der Waals surface area contributed by atoms with E-state index >= 15 is 0 Å². The van der Waals surface area contributed by atoms with Crippen molar-refractivity contribution in [2.24, 2.45) is 17.8 Å². The zero-order valence-corrected chi connectivity index (χ0v) is 18.7. The van der Waals surface area contributed by atoms with Crippen molar-refractivity contribution in [1.82, 2.24) is 15.3 Å². The predicted molar refractivity (Wildman–Crippen MR) is 122 cm³/mol. The number of thiocarbonyl (C=S) groups is 1. The number of piperidine rings is 2. The van der Waals surface area contributed by atoms with Gasteiger partial charge in [-0.25, -0.2) is 0 Å². The molecule has 0 unspecified atom stereocenters.